The van der Waals surface area contributed by atoms with Crippen molar-refractivity contribution in [2.75, 3.05) is 0 Å². The van der Waals surface area contributed by atoms with Crippen LogP contribution in [-0.4, -0.2) is 16.9 Å². The molecule has 0 spiro atoms. The van der Waals surface area contributed by atoms with Crippen molar-refractivity contribution >= 4 is 40.4 Å². The summed E-state index contributed by atoms with van der Waals surface area (Å²) in [5.41, 5.74) is 0.161. The van der Waals surface area contributed by atoms with Crippen LogP contribution in [0.2, 0.25) is 10.2 Å². The second kappa shape index (κ2) is 6.57. The van der Waals surface area contributed by atoms with E-state index in [1.807, 2.05) is 6.92 Å². The number of thiophene rings is 1. The second-order valence-electron chi connectivity index (χ2n) is 4.56. The summed E-state index contributed by atoms with van der Waals surface area (Å²) in [6.45, 7) is 4.01. The molecule has 2 aromatic rings. The van der Waals surface area contributed by atoms with Gasteiger partial charge in [0.25, 0.3) is 5.91 Å². The molecule has 0 radical (unpaired) electrons. The van der Waals surface area contributed by atoms with Gasteiger partial charge in [0.15, 0.2) is 0 Å². The molecule has 3 nitrogen and oxygen atoms in total. The lowest BCUT2D eigenvalue weighted by Crippen LogP contribution is -2.34. The third kappa shape index (κ3) is 3.95. The first-order valence-electron chi connectivity index (χ1n) is 6.14. The zero-order chi connectivity index (χ0) is 14.7. The van der Waals surface area contributed by atoms with Crippen molar-refractivity contribution < 1.29 is 4.79 Å². The van der Waals surface area contributed by atoms with Crippen molar-refractivity contribution in [1.82, 2.24) is 10.3 Å². The molecule has 0 aliphatic heterocycles. The Bertz CT molecular complexity index is 627. The highest BCUT2D eigenvalue weighted by Gasteiger charge is 2.16. The molecular formula is C14H14Cl2N2OS. The molecule has 0 saturated carbocycles. The minimum absolute atomic E-state index is 0.00241. The van der Waals surface area contributed by atoms with Crippen LogP contribution in [0.15, 0.2) is 24.3 Å². The van der Waals surface area contributed by atoms with E-state index in [-0.39, 0.29) is 22.8 Å². The number of halogens is 2. The third-order valence-corrected chi connectivity index (χ3v) is 4.25. The van der Waals surface area contributed by atoms with Crippen LogP contribution in [0.25, 0.3) is 0 Å². The number of aryl methyl sites for hydroxylation is 1. The summed E-state index contributed by atoms with van der Waals surface area (Å²) in [5.74, 6) is -0.307. The number of nitrogens with one attached hydrogen (secondary N) is 1. The molecule has 106 valence electrons. The van der Waals surface area contributed by atoms with Crippen molar-refractivity contribution in [3.63, 3.8) is 0 Å². The maximum atomic E-state index is 12.1. The van der Waals surface area contributed by atoms with Crippen molar-refractivity contribution in [2.24, 2.45) is 0 Å². The standard InChI is InChI=1S/C14H14Cl2N2OS/c1-8(7-10-4-3-9(2)20-10)17-14(19)13-11(15)5-6-12(16)18-13/h3-6,8H,7H2,1-2H3,(H,17,19). The third-order valence-electron chi connectivity index (χ3n) is 2.71. The average Bonchev–Trinajstić information content (AvgIpc) is 2.77. The molecule has 1 unspecified atom stereocenters. The number of nitrogens with zero attached hydrogens (tertiary/aromatic N) is 1. The maximum absolute atomic E-state index is 12.1. The normalized spacial score (nSPS) is 12.2. The SMILES string of the molecule is Cc1ccc(CC(C)NC(=O)c2nc(Cl)ccc2Cl)s1. The maximum Gasteiger partial charge on any atom is 0.271 e. The molecular weight excluding hydrogens is 315 g/mol. The summed E-state index contributed by atoms with van der Waals surface area (Å²) in [5, 5.41) is 3.43. The quantitative estimate of drug-likeness (QED) is 0.858. The molecule has 0 aromatic carbocycles. The lowest BCUT2D eigenvalue weighted by molar-refractivity contribution is 0.0935. The van der Waals surface area contributed by atoms with Gasteiger partial charge in [-0.1, -0.05) is 23.2 Å². The number of hydrogen-bond acceptors (Lipinski definition) is 3. The van der Waals surface area contributed by atoms with E-state index in [9.17, 15) is 4.79 Å². The minimum Gasteiger partial charge on any atom is -0.348 e. The van der Waals surface area contributed by atoms with E-state index in [0.29, 0.717) is 5.02 Å². The number of hydrogen-bond donors (Lipinski definition) is 1. The lowest BCUT2D eigenvalue weighted by Gasteiger charge is -2.13. The van der Waals surface area contributed by atoms with Crippen LogP contribution in [0, 0.1) is 6.92 Å². The summed E-state index contributed by atoms with van der Waals surface area (Å²) >= 11 is 13.5. The highest BCUT2D eigenvalue weighted by Crippen LogP contribution is 2.18. The fraction of sp³-hybridized carbons (Fsp3) is 0.286. The van der Waals surface area contributed by atoms with E-state index in [1.54, 1.807) is 23.5 Å². The number of aromatic nitrogens is 1. The first-order chi connectivity index (χ1) is 9.45. The van der Waals surface area contributed by atoms with Gasteiger partial charge in [-0.05, 0) is 38.1 Å². The molecule has 2 heterocycles. The Morgan fingerprint density at radius 2 is 2.10 bits per heavy atom. The fourth-order valence-corrected chi connectivity index (χ4v) is 3.18. The predicted octanol–water partition coefficient (Wildman–Crippen LogP) is 4.12. The van der Waals surface area contributed by atoms with Gasteiger partial charge in [0, 0.05) is 22.2 Å². The van der Waals surface area contributed by atoms with Crippen LogP contribution >= 0.6 is 34.5 Å². The Morgan fingerprint density at radius 3 is 2.75 bits per heavy atom. The Morgan fingerprint density at radius 1 is 1.35 bits per heavy atom. The van der Waals surface area contributed by atoms with Crippen LogP contribution in [0.3, 0.4) is 0 Å². The number of carbonyl (C=O) groups excluding carboxylic acids is 1. The predicted molar refractivity (Wildman–Crippen MR) is 83.9 cm³/mol. The van der Waals surface area contributed by atoms with E-state index in [4.69, 9.17) is 23.2 Å². The van der Waals surface area contributed by atoms with Gasteiger partial charge in [-0.3, -0.25) is 4.79 Å². The molecule has 20 heavy (non-hydrogen) atoms. The van der Waals surface area contributed by atoms with Gasteiger partial charge in [0.05, 0.1) is 5.02 Å². The van der Waals surface area contributed by atoms with Crippen LogP contribution in [0.4, 0.5) is 0 Å². The molecule has 1 amide bonds. The molecule has 1 atom stereocenters. The number of rotatable bonds is 4. The number of amides is 1. The van der Waals surface area contributed by atoms with Crippen molar-refractivity contribution in [3.8, 4) is 0 Å². The Labute approximate surface area is 131 Å². The second-order valence-corrected chi connectivity index (χ2v) is 6.72. The van der Waals surface area contributed by atoms with E-state index in [1.165, 1.54) is 9.75 Å². The fourth-order valence-electron chi connectivity index (χ4n) is 1.82. The van der Waals surface area contributed by atoms with Gasteiger partial charge < -0.3 is 5.32 Å². The monoisotopic (exact) mass is 328 g/mol. The molecule has 1 N–H and O–H groups in total. The zero-order valence-electron chi connectivity index (χ0n) is 11.1. The van der Waals surface area contributed by atoms with Gasteiger partial charge in [-0.15, -0.1) is 11.3 Å². The molecule has 2 aromatic heterocycles. The summed E-state index contributed by atoms with van der Waals surface area (Å²) < 4.78 is 0. The van der Waals surface area contributed by atoms with Gasteiger partial charge in [-0.25, -0.2) is 4.98 Å². The van der Waals surface area contributed by atoms with Crippen LogP contribution < -0.4 is 5.32 Å². The van der Waals surface area contributed by atoms with Crippen LogP contribution in [-0.2, 0) is 6.42 Å². The highest BCUT2D eigenvalue weighted by atomic mass is 35.5. The Balaban J connectivity index is 2.02. The summed E-state index contributed by atoms with van der Waals surface area (Å²) in [4.78, 5) is 18.6. The van der Waals surface area contributed by atoms with Crippen molar-refractivity contribution in [2.45, 2.75) is 26.3 Å². The Hall–Kier alpha value is -1.10. The smallest absolute Gasteiger partial charge is 0.271 e. The summed E-state index contributed by atoms with van der Waals surface area (Å²) in [6, 6.07) is 7.27. The van der Waals surface area contributed by atoms with Gasteiger partial charge >= 0.3 is 0 Å². The minimum atomic E-state index is -0.307. The summed E-state index contributed by atoms with van der Waals surface area (Å²) in [7, 11) is 0. The molecule has 6 heteroatoms. The zero-order valence-corrected chi connectivity index (χ0v) is 13.4. The largest absolute Gasteiger partial charge is 0.348 e. The van der Waals surface area contributed by atoms with Crippen LogP contribution in [0.1, 0.15) is 27.2 Å². The number of carbonyl (C=O) groups is 1. The molecule has 0 bridgehead atoms. The van der Waals surface area contributed by atoms with Crippen LogP contribution in [0.5, 0.6) is 0 Å². The van der Waals surface area contributed by atoms with Crippen molar-refractivity contribution in [1.29, 1.82) is 0 Å². The highest BCUT2D eigenvalue weighted by molar-refractivity contribution is 7.11. The molecule has 0 aliphatic rings. The number of pyridine rings is 1. The Kier molecular flexibility index (Phi) is 5.02. The van der Waals surface area contributed by atoms with Crippen molar-refractivity contribution in [3.05, 3.63) is 49.9 Å². The molecule has 0 saturated heterocycles. The van der Waals surface area contributed by atoms with E-state index in [0.717, 1.165) is 6.42 Å². The van der Waals surface area contributed by atoms with Gasteiger partial charge in [0.2, 0.25) is 0 Å². The molecule has 2 rings (SSSR count). The molecule has 0 aliphatic carbocycles. The molecule has 0 fully saturated rings. The first-order valence-corrected chi connectivity index (χ1v) is 7.71. The van der Waals surface area contributed by atoms with E-state index in [2.05, 4.69) is 29.4 Å². The topological polar surface area (TPSA) is 42.0 Å². The first kappa shape index (κ1) is 15.3. The summed E-state index contributed by atoms with van der Waals surface area (Å²) in [6.07, 6.45) is 0.780. The van der Waals surface area contributed by atoms with E-state index < -0.39 is 0 Å². The lowest BCUT2D eigenvalue weighted by atomic mass is 10.2. The van der Waals surface area contributed by atoms with E-state index >= 15 is 0 Å². The van der Waals surface area contributed by atoms with Gasteiger partial charge in [-0.2, -0.15) is 0 Å². The van der Waals surface area contributed by atoms with Gasteiger partial charge in [0.1, 0.15) is 10.8 Å². The average molecular weight is 329 g/mol.